The Morgan fingerprint density at radius 1 is 1.00 bits per heavy atom. The second kappa shape index (κ2) is 7.41. The third-order valence-electron chi connectivity index (χ3n) is 3.46. The van der Waals surface area contributed by atoms with Gasteiger partial charge in [0.2, 0.25) is 0 Å². The van der Waals surface area contributed by atoms with E-state index in [1.165, 1.54) is 33.5 Å². The molecular weight excluding hydrogens is 310 g/mol. The minimum atomic E-state index is -0.237. The highest BCUT2D eigenvalue weighted by atomic mass is 16.5. The molecule has 0 saturated heterocycles. The third-order valence-corrected chi connectivity index (χ3v) is 3.46. The first-order valence-electron chi connectivity index (χ1n) is 7.11. The van der Waals surface area contributed by atoms with Crippen molar-refractivity contribution in [3.63, 3.8) is 0 Å². The van der Waals surface area contributed by atoms with Crippen molar-refractivity contribution in [1.82, 2.24) is 0 Å². The van der Waals surface area contributed by atoms with E-state index < -0.39 is 0 Å². The lowest BCUT2D eigenvalue weighted by molar-refractivity contribution is 0.104. The molecule has 0 aromatic heterocycles. The van der Waals surface area contributed by atoms with Crippen LogP contribution in [0.25, 0.3) is 6.08 Å². The molecular formula is C18H19NO5. The van der Waals surface area contributed by atoms with E-state index in [1.807, 2.05) is 0 Å². The standard InChI is InChI=1S/C18H19NO5/c1-22-15-8-11(5-7-14(15)21)4-6-13(20)12-9-16(23-2)18(19)17(10-12)24-3/h4-10,21H,19H2,1-3H3/b6-4+. The van der Waals surface area contributed by atoms with Gasteiger partial charge in [0.15, 0.2) is 17.3 Å². The van der Waals surface area contributed by atoms with Crippen LogP contribution in [0.5, 0.6) is 23.0 Å². The number of phenols is 1. The molecule has 0 bridgehead atoms. The zero-order valence-electron chi connectivity index (χ0n) is 13.7. The molecule has 2 aromatic rings. The summed E-state index contributed by atoms with van der Waals surface area (Å²) in [6.07, 6.45) is 3.04. The molecule has 2 rings (SSSR count). The molecule has 0 aliphatic carbocycles. The van der Waals surface area contributed by atoms with E-state index >= 15 is 0 Å². The van der Waals surface area contributed by atoms with E-state index in [4.69, 9.17) is 19.9 Å². The maximum Gasteiger partial charge on any atom is 0.186 e. The van der Waals surface area contributed by atoms with Crippen molar-refractivity contribution in [2.75, 3.05) is 27.1 Å². The molecule has 0 heterocycles. The van der Waals surface area contributed by atoms with Crippen LogP contribution in [0.1, 0.15) is 15.9 Å². The number of aromatic hydroxyl groups is 1. The van der Waals surface area contributed by atoms with E-state index in [2.05, 4.69) is 0 Å². The Labute approximate surface area is 140 Å². The molecule has 6 nitrogen and oxygen atoms in total. The van der Waals surface area contributed by atoms with Gasteiger partial charge in [-0.05, 0) is 35.9 Å². The monoisotopic (exact) mass is 329 g/mol. The molecule has 0 unspecified atom stereocenters. The second-order valence-corrected chi connectivity index (χ2v) is 4.92. The summed E-state index contributed by atoms with van der Waals surface area (Å²) in [6.45, 7) is 0. The molecule has 0 spiro atoms. The number of ether oxygens (including phenoxy) is 3. The molecule has 0 atom stereocenters. The number of hydrogen-bond acceptors (Lipinski definition) is 6. The van der Waals surface area contributed by atoms with Crippen LogP contribution in [-0.4, -0.2) is 32.2 Å². The number of carbonyl (C=O) groups excluding carboxylic acids is 1. The van der Waals surface area contributed by atoms with E-state index in [0.29, 0.717) is 34.1 Å². The van der Waals surface area contributed by atoms with Gasteiger partial charge in [-0.2, -0.15) is 0 Å². The van der Waals surface area contributed by atoms with Gasteiger partial charge in [0.1, 0.15) is 17.2 Å². The molecule has 2 aromatic carbocycles. The molecule has 24 heavy (non-hydrogen) atoms. The lowest BCUT2D eigenvalue weighted by Crippen LogP contribution is -2.01. The second-order valence-electron chi connectivity index (χ2n) is 4.92. The van der Waals surface area contributed by atoms with Crippen molar-refractivity contribution in [2.24, 2.45) is 0 Å². The van der Waals surface area contributed by atoms with Gasteiger partial charge in [0.05, 0.1) is 21.3 Å². The summed E-state index contributed by atoms with van der Waals surface area (Å²) in [6, 6.07) is 7.91. The van der Waals surface area contributed by atoms with Gasteiger partial charge in [-0.3, -0.25) is 4.79 Å². The molecule has 0 saturated carbocycles. The van der Waals surface area contributed by atoms with Gasteiger partial charge in [-0.15, -0.1) is 0 Å². The van der Waals surface area contributed by atoms with Crippen LogP contribution in [0.4, 0.5) is 5.69 Å². The summed E-state index contributed by atoms with van der Waals surface area (Å²) in [5.74, 6) is 0.878. The highest BCUT2D eigenvalue weighted by Crippen LogP contribution is 2.33. The Kier molecular flexibility index (Phi) is 5.31. The fraction of sp³-hybridized carbons (Fsp3) is 0.167. The van der Waals surface area contributed by atoms with Gasteiger partial charge in [0.25, 0.3) is 0 Å². The lowest BCUT2D eigenvalue weighted by Gasteiger charge is -2.11. The van der Waals surface area contributed by atoms with E-state index in [9.17, 15) is 9.90 Å². The Morgan fingerprint density at radius 2 is 1.58 bits per heavy atom. The number of benzene rings is 2. The first kappa shape index (κ1) is 17.2. The number of carbonyl (C=O) groups is 1. The molecule has 126 valence electrons. The number of hydrogen-bond donors (Lipinski definition) is 2. The van der Waals surface area contributed by atoms with Gasteiger partial charge in [-0.25, -0.2) is 0 Å². The van der Waals surface area contributed by atoms with Crippen molar-refractivity contribution < 1.29 is 24.1 Å². The average Bonchev–Trinajstić information content (AvgIpc) is 2.60. The zero-order chi connectivity index (χ0) is 17.7. The van der Waals surface area contributed by atoms with Crippen LogP contribution in [0.15, 0.2) is 36.4 Å². The van der Waals surface area contributed by atoms with Crippen LogP contribution in [0.2, 0.25) is 0 Å². The minimum absolute atomic E-state index is 0.0361. The molecule has 3 N–H and O–H groups in total. The first-order valence-corrected chi connectivity index (χ1v) is 7.11. The van der Waals surface area contributed by atoms with Gasteiger partial charge in [-0.1, -0.05) is 12.1 Å². The van der Waals surface area contributed by atoms with Crippen molar-refractivity contribution in [3.8, 4) is 23.0 Å². The summed E-state index contributed by atoms with van der Waals surface area (Å²) in [4.78, 5) is 12.4. The Balaban J connectivity index is 2.29. The molecule has 0 fully saturated rings. The van der Waals surface area contributed by atoms with E-state index in [-0.39, 0.29) is 11.5 Å². The number of nitrogens with two attached hydrogens (primary N) is 1. The summed E-state index contributed by atoms with van der Waals surface area (Å²) in [5, 5.41) is 9.58. The predicted octanol–water partition coefficient (Wildman–Crippen LogP) is 2.90. The maximum absolute atomic E-state index is 12.4. The van der Waals surface area contributed by atoms with Crippen molar-refractivity contribution in [1.29, 1.82) is 0 Å². The Hall–Kier alpha value is -3.15. The SMILES string of the molecule is COc1cc(/C=C/C(=O)c2cc(OC)c(N)c(OC)c2)ccc1O. The number of methoxy groups -OCH3 is 3. The lowest BCUT2D eigenvalue weighted by atomic mass is 10.1. The largest absolute Gasteiger partial charge is 0.504 e. The quantitative estimate of drug-likeness (QED) is 0.481. The molecule has 6 heteroatoms. The number of allylic oxidation sites excluding steroid dienone is 1. The van der Waals surface area contributed by atoms with Gasteiger partial charge >= 0.3 is 0 Å². The fourth-order valence-corrected chi connectivity index (χ4v) is 2.15. The van der Waals surface area contributed by atoms with Crippen LogP contribution in [-0.2, 0) is 0 Å². The number of rotatable bonds is 6. The summed E-state index contributed by atoms with van der Waals surface area (Å²) < 4.78 is 15.4. The molecule has 0 amide bonds. The third kappa shape index (κ3) is 3.60. The maximum atomic E-state index is 12.4. The molecule has 0 radical (unpaired) electrons. The number of ketones is 1. The van der Waals surface area contributed by atoms with Crippen LogP contribution in [0.3, 0.4) is 0 Å². The van der Waals surface area contributed by atoms with E-state index in [1.54, 1.807) is 30.3 Å². The summed E-state index contributed by atoms with van der Waals surface area (Å²) in [7, 11) is 4.40. The first-order chi connectivity index (χ1) is 11.5. The molecule has 0 aliphatic heterocycles. The molecule has 0 aliphatic rings. The van der Waals surface area contributed by atoms with Crippen molar-refractivity contribution in [3.05, 3.63) is 47.5 Å². The number of anilines is 1. The van der Waals surface area contributed by atoms with Crippen LogP contribution in [0, 0.1) is 0 Å². The van der Waals surface area contributed by atoms with Gasteiger partial charge < -0.3 is 25.1 Å². The summed E-state index contributed by atoms with van der Waals surface area (Å²) >= 11 is 0. The van der Waals surface area contributed by atoms with Crippen LogP contribution < -0.4 is 19.9 Å². The number of nitrogen functional groups attached to an aromatic ring is 1. The highest BCUT2D eigenvalue weighted by Gasteiger charge is 2.12. The fourth-order valence-electron chi connectivity index (χ4n) is 2.15. The zero-order valence-corrected chi connectivity index (χ0v) is 13.7. The smallest absolute Gasteiger partial charge is 0.186 e. The topological polar surface area (TPSA) is 91.0 Å². The van der Waals surface area contributed by atoms with Crippen molar-refractivity contribution in [2.45, 2.75) is 0 Å². The Bertz CT molecular complexity index is 758. The predicted molar refractivity (Wildman–Crippen MR) is 92.0 cm³/mol. The number of phenolic OH excluding ortho intramolecular Hbond substituents is 1. The highest BCUT2D eigenvalue weighted by molar-refractivity contribution is 6.07. The summed E-state index contributed by atoms with van der Waals surface area (Å²) in [5.41, 5.74) is 7.31. The van der Waals surface area contributed by atoms with E-state index in [0.717, 1.165) is 0 Å². The van der Waals surface area contributed by atoms with Crippen LogP contribution >= 0.6 is 0 Å². The normalized spacial score (nSPS) is 10.6. The van der Waals surface area contributed by atoms with Crippen molar-refractivity contribution >= 4 is 17.5 Å². The minimum Gasteiger partial charge on any atom is -0.504 e. The average molecular weight is 329 g/mol. The van der Waals surface area contributed by atoms with Gasteiger partial charge in [0, 0.05) is 5.56 Å². The Morgan fingerprint density at radius 3 is 2.12 bits per heavy atom.